The minimum absolute atomic E-state index is 0.0730. The zero-order chi connectivity index (χ0) is 17.8. The topological polar surface area (TPSA) is 59.6 Å². The van der Waals surface area contributed by atoms with Gasteiger partial charge in [-0.2, -0.15) is 0 Å². The van der Waals surface area contributed by atoms with Crippen molar-refractivity contribution in [2.24, 2.45) is 0 Å². The minimum atomic E-state index is -0.600. The van der Waals surface area contributed by atoms with Gasteiger partial charge in [0.15, 0.2) is 12.5 Å². The third kappa shape index (κ3) is 4.19. The first-order chi connectivity index (χ1) is 12.8. The van der Waals surface area contributed by atoms with E-state index in [1.165, 1.54) is 11.1 Å². The van der Waals surface area contributed by atoms with Crippen LogP contribution in [0, 0.1) is 0 Å². The molecule has 2 N–H and O–H groups in total. The highest BCUT2D eigenvalue weighted by Gasteiger charge is 2.38. The lowest BCUT2D eigenvalue weighted by atomic mass is 10.1. The number of carbonyl (C=O) groups is 1. The van der Waals surface area contributed by atoms with Crippen molar-refractivity contribution in [3.8, 4) is 0 Å². The first-order valence-corrected chi connectivity index (χ1v) is 9.15. The second-order valence-electron chi connectivity index (χ2n) is 6.94. The molecule has 0 spiro atoms. The number of Topliss-reactive ketones (excluding diaryl/α,β-unsaturated/α-hetero) is 1. The third-order valence-electron chi connectivity index (χ3n) is 4.87. The summed E-state index contributed by atoms with van der Waals surface area (Å²) >= 11 is 0. The third-order valence-corrected chi connectivity index (χ3v) is 4.87. The summed E-state index contributed by atoms with van der Waals surface area (Å²) in [5.41, 5.74) is 2.47. The molecule has 2 aromatic carbocycles. The maximum atomic E-state index is 12.7. The van der Waals surface area contributed by atoms with Gasteiger partial charge in [0.25, 0.3) is 0 Å². The standard InChI is InChI=1S/C21H24N2O3/c24-19(20-22-17(13-25-20)11-15-7-3-1-4-8-15)21-23-18(14-26-21)12-16-9-5-2-6-10-16/h1-10,17-18,20-23H,11-14H2/t17-,18-,20?,21?/m1/s1. The monoisotopic (exact) mass is 352 g/mol. The van der Waals surface area contributed by atoms with Gasteiger partial charge in [-0.1, -0.05) is 60.7 Å². The van der Waals surface area contributed by atoms with Gasteiger partial charge in [0.2, 0.25) is 5.78 Å². The summed E-state index contributed by atoms with van der Waals surface area (Å²) in [6.45, 7) is 1.07. The Bertz CT molecular complexity index is 661. The molecule has 0 amide bonds. The van der Waals surface area contributed by atoms with Gasteiger partial charge in [-0.15, -0.1) is 0 Å². The van der Waals surface area contributed by atoms with Crippen LogP contribution in [0.5, 0.6) is 0 Å². The molecule has 0 bridgehead atoms. The average molecular weight is 352 g/mol. The predicted molar refractivity (Wildman–Crippen MR) is 98.6 cm³/mol. The summed E-state index contributed by atoms with van der Waals surface area (Å²) in [5.74, 6) is -0.0730. The van der Waals surface area contributed by atoms with Crippen molar-refractivity contribution in [3.05, 3.63) is 71.8 Å². The first-order valence-electron chi connectivity index (χ1n) is 9.15. The van der Waals surface area contributed by atoms with E-state index in [1.54, 1.807) is 0 Å². The van der Waals surface area contributed by atoms with Crippen LogP contribution >= 0.6 is 0 Å². The highest BCUT2D eigenvalue weighted by molar-refractivity contribution is 5.87. The molecular weight excluding hydrogens is 328 g/mol. The fourth-order valence-electron chi connectivity index (χ4n) is 3.54. The fraction of sp³-hybridized carbons (Fsp3) is 0.381. The van der Waals surface area contributed by atoms with Crippen LogP contribution in [0.25, 0.3) is 0 Å². The van der Waals surface area contributed by atoms with Crippen LogP contribution in [0.1, 0.15) is 11.1 Å². The summed E-state index contributed by atoms with van der Waals surface area (Å²) in [5, 5.41) is 6.58. The Kier molecular flexibility index (Phi) is 5.41. The van der Waals surface area contributed by atoms with Crippen molar-refractivity contribution in [2.45, 2.75) is 37.4 Å². The van der Waals surface area contributed by atoms with Gasteiger partial charge in [-0.3, -0.25) is 15.4 Å². The number of nitrogens with one attached hydrogen (secondary N) is 2. The Morgan fingerprint density at radius 2 is 1.19 bits per heavy atom. The van der Waals surface area contributed by atoms with Gasteiger partial charge in [0.1, 0.15) is 0 Å². The van der Waals surface area contributed by atoms with E-state index in [1.807, 2.05) is 36.4 Å². The molecule has 136 valence electrons. The molecule has 0 aliphatic carbocycles. The predicted octanol–water partition coefficient (Wildman–Crippen LogP) is 1.67. The van der Waals surface area contributed by atoms with Crippen LogP contribution in [-0.4, -0.2) is 43.5 Å². The number of rotatable bonds is 6. The molecule has 2 fully saturated rings. The highest BCUT2D eigenvalue weighted by Crippen LogP contribution is 2.15. The van der Waals surface area contributed by atoms with Crippen LogP contribution in [0.3, 0.4) is 0 Å². The minimum Gasteiger partial charge on any atom is -0.354 e. The SMILES string of the molecule is O=C(C1N[C@H](Cc2ccccc2)CO1)C1N[C@H](Cc2ccccc2)CO1. The van der Waals surface area contributed by atoms with Gasteiger partial charge in [-0.25, -0.2) is 0 Å². The van der Waals surface area contributed by atoms with Gasteiger partial charge in [-0.05, 0) is 24.0 Å². The Hall–Kier alpha value is -2.05. The van der Waals surface area contributed by atoms with Crippen LogP contribution in [0.4, 0.5) is 0 Å². The Labute approximate surface area is 153 Å². The summed E-state index contributed by atoms with van der Waals surface area (Å²) < 4.78 is 11.4. The molecule has 0 aromatic heterocycles. The molecule has 5 heteroatoms. The zero-order valence-corrected chi connectivity index (χ0v) is 14.6. The molecule has 5 nitrogen and oxygen atoms in total. The largest absolute Gasteiger partial charge is 0.354 e. The van der Waals surface area contributed by atoms with E-state index in [-0.39, 0.29) is 17.9 Å². The van der Waals surface area contributed by atoms with Gasteiger partial charge in [0.05, 0.1) is 13.2 Å². The molecule has 2 heterocycles. The number of hydrogen-bond acceptors (Lipinski definition) is 5. The van der Waals surface area contributed by atoms with Crippen molar-refractivity contribution < 1.29 is 14.3 Å². The van der Waals surface area contributed by atoms with Crippen molar-refractivity contribution in [1.29, 1.82) is 0 Å². The summed E-state index contributed by atoms with van der Waals surface area (Å²) in [7, 11) is 0. The zero-order valence-electron chi connectivity index (χ0n) is 14.6. The lowest BCUT2D eigenvalue weighted by Crippen LogP contribution is -2.47. The van der Waals surface area contributed by atoms with Crippen LogP contribution in [-0.2, 0) is 27.1 Å². The van der Waals surface area contributed by atoms with E-state index in [0.717, 1.165) is 12.8 Å². The lowest BCUT2D eigenvalue weighted by molar-refractivity contribution is -0.139. The maximum Gasteiger partial charge on any atom is 0.219 e. The van der Waals surface area contributed by atoms with Crippen molar-refractivity contribution in [3.63, 3.8) is 0 Å². The van der Waals surface area contributed by atoms with E-state index in [4.69, 9.17) is 9.47 Å². The number of ketones is 1. The second-order valence-corrected chi connectivity index (χ2v) is 6.94. The first kappa shape index (κ1) is 17.4. The average Bonchev–Trinajstić information content (AvgIpc) is 3.33. The Morgan fingerprint density at radius 3 is 1.62 bits per heavy atom. The van der Waals surface area contributed by atoms with E-state index in [2.05, 4.69) is 34.9 Å². The van der Waals surface area contributed by atoms with Gasteiger partial charge < -0.3 is 9.47 Å². The summed E-state index contributed by atoms with van der Waals surface area (Å²) in [6, 6.07) is 20.8. The van der Waals surface area contributed by atoms with Gasteiger partial charge in [0, 0.05) is 12.1 Å². The van der Waals surface area contributed by atoms with Crippen LogP contribution in [0.15, 0.2) is 60.7 Å². The second kappa shape index (κ2) is 8.10. The molecule has 26 heavy (non-hydrogen) atoms. The van der Waals surface area contributed by atoms with E-state index in [9.17, 15) is 4.79 Å². The highest BCUT2D eigenvalue weighted by atomic mass is 16.5. The molecule has 2 unspecified atom stereocenters. The molecule has 4 rings (SSSR count). The molecule has 2 aliphatic heterocycles. The van der Waals surface area contributed by atoms with Crippen LogP contribution in [0.2, 0.25) is 0 Å². The molecule has 2 aromatic rings. The maximum absolute atomic E-state index is 12.7. The fourth-order valence-corrected chi connectivity index (χ4v) is 3.54. The Morgan fingerprint density at radius 1 is 0.769 bits per heavy atom. The quantitative estimate of drug-likeness (QED) is 0.828. The van der Waals surface area contributed by atoms with E-state index < -0.39 is 12.5 Å². The lowest BCUT2D eigenvalue weighted by Gasteiger charge is -2.16. The molecule has 0 saturated carbocycles. The number of hydrogen-bond donors (Lipinski definition) is 2. The van der Waals surface area contributed by atoms with Crippen molar-refractivity contribution in [2.75, 3.05) is 13.2 Å². The molecule has 0 radical (unpaired) electrons. The molecule has 4 atom stereocenters. The van der Waals surface area contributed by atoms with Crippen molar-refractivity contribution >= 4 is 5.78 Å². The molecule has 2 saturated heterocycles. The number of carbonyl (C=O) groups excluding carboxylic acids is 1. The summed E-state index contributed by atoms with van der Waals surface area (Å²) in [4.78, 5) is 12.7. The normalized spacial score (nSPS) is 28.3. The van der Waals surface area contributed by atoms with Crippen LogP contribution < -0.4 is 10.6 Å². The molecule has 2 aliphatic rings. The van der Waals surface area contributed by atoms with E-state index >= 15 is 0 Å². The van der Waals surface area contributed by atoms with Crippen molar-refractivity contribution in [1.82, 2.24) is 10.6 Å². The number of benzene rings is 2. The smallest absolute Gasteiger partial charge is 0.219 e. The summed E-state index contributed by atoms with van der Waals surface area (Å²) in [6.07, 6.45) is 0.494. The number of ether oxygens (including phenoxy) is 2. The van der Waals surface area contributed by atoms with E-state index in [0.29, 0.717) is 13.2 Å². The van der Waals surface area contributed by atoms with Gasteiger partial charge >= 0.3 is 0 Å². The molecular formula is C21H24N2O3. The Balaban J connectivity index is 1.27.